The molecule has 0 unspecified atom stereocenters. The van der Waals surface area contributed by atoms with Gasteiger partial charge in [0.2, 0.25) is 15.9 Å². The van der Waals surface area contributed by atoms with Crippen molar-refractivity contribution in [3.63, 3.8) is 0 Å². The molecule has 25 heavy (non-hydrogen) atoms. The Morgan fingerprint density at radius 1 is 1.16 bits per heavy atom. The van der Waals surface area contributed by atoms with Crippen LogP contribution in [0, 0.1) is 0 Å². The Morgan fingerprint density at radius 3 is 2.76 bits per heavy atom. The second-order valence-electron chi connectivity index (χ2n) is 5.24. The number of carbonyl (C=O) groups excluding carboxylic acids is 1. The van der Waals surface area contributed by atoms with Gasteiger partial charge in [-0.25, -0.2) is 22.8 Å². The Balaban J connectivity index is 1.57. The number of hydrogen-bond acceptors (Lipinski definition) is 4. The molecule has 1 aromatic heterocycles. The summed E-state index contributed by atoms with van der Waals surface area (Å²) in [6, 6.07) is 13.7. The third-order valence-corrected chi connectivity index (χ3v) is 5.40. The van der Waals surface area contributed by atoms with Crippen molar-refractivity contribution in [2.24, 2.45) is 0 Å². The molecule has 0 aliphatic carbocycles. The zero-order valence-corrected chi connectivity index (χ0v) is 15.4. The van der Waals surface area contributed by atoms with Crippen LogP contribution in [0.3, 0.4) is 0 Å². The maximum absolute atomic E-state index is 12.2. The van der Waals surface area contributed by atoms with Gasteiger partial charge in [-0.2, -0.15) is 0 Å². The molecule has 2 N–H and O–H groups in total. The number of nitrogens with one attached hydrogen (secondary N) is 2. The highest BCUT2D eigenvalue weighted by molar-refractivity contribution is 9.10. The fraction of sp³-hybridized carbons (Fsp3) is 0.125. The zero-order valence-electron chi connectivity index (χ0n) is 13.0. The lowest BCUT2D eigenvalue weighted by atomic mass is 10.3. The summed E-state index contributed by atoms with van der Waals surface area (Å²) in [5, 5.41) is 0. The number of benzene rings is 2. The van der Waals surface area contributed by atoms with Crippen LogP contribution in [0.4, 0.5) is 0 Å². The molecule has 9 heteroatoms. The first-order valence-electron chi connectivity index (χ1n) is 7.43. The molecule has 0 fully saturated rings. The first-order chi connectivity index (χ1) is 12.0. The topological polar surface area (TPSA) is 93.1 Å². The monoisotopic (exact) mass is 422 g/mol. The van der Waals surface area contributed by atoms with Gasteiger partial charge in [0.15, 0.2) is 0 Å². The molecule has 1 heterocycles. The number of para-hydroxylation sites is 2. The van der Waals surface area contributed by atoms with Crippen LogP contribution in [-0.4, -0.2) is 30.5 Å². The van der Waals surface area contributed by atoms with Crippen LogP contribution in [0.2, 0.25) is 0 Å². The van der Waals surface area contributed by atoms with Crippen LogP contribution in [0.15, 0.2) is 64.2 Å². The van der Waals surface area contributed by atoms with E-state index < -0.39 is 10.0 Å². The molecule has 0 aliphatic rings. The number of aromatic nitrogens is 2. The molecule has 1 amide bonds. The lowest BCUT2D eigenvalue weighted by Gasteiger charge is -2.09. The molecule has 0 saturated carbocycles. The summed E-state index contributed by atoms with van der Waals surface area (Å²) in [6.45, 7) is -0.00664. The highest BCUT2D eigenvalue weighted by atomic mass is 79.9. The first-order valence-corrected chi connectivity index (χ1v) is 9.70. The van der Waals surface area contributed by atoms with E-state index in [1.807, 2.05) is 24.3 Å². The number of carbonyl (C=O) groups is 1. The fourth-order valence-electron chi connectivity index (χ4n) is 2.25. The van der Waals surface area contributed by atoms with Crippen LogP contribution in [0.1, 0.15) is 6.42 Å². The van der Waals surface area contributed by atoms with Crippen molar-refractivity contribution < 1.29 is 13.2 Å². The van der Waals surface area contributed by atoms with Crippen molar-refractivity contribution in [2.75, 3.05) is 12.0 Å². The molecular weight excluding hydrogens is 408 g/mol. The number of halogens is 1. The van der Waals surface area contributed by atoms with Gasteiger partial charge in [0, 0.05) is 17.4 Å². The second kappa shape index (κ2) is 7.34. The molecule has 0 bridgehead atoms. The molecular formula is C16H15BrN4O3S. The molecule has 130 valence electrons. The van der Waals surface area contributed by atoms with Crippen LogP contribution >= 0.6 is 15.9 Å². The predicted molar refractivity (Wildman–Crippen MR) is 98.0 cm³/mol. The third-order valence-electron chi connectivity index (χ3n) is 3.45. The standard InChI is InChI=1S/C16H15BrN4O3S/c17-12-4-3-5-13(10-12)25(23,24)19-9-8-16(22)20-21-11-18-14-6-1-2-7-15(14)21/h1-7,10-11,19H,8-9H2,(H,20,22). The number of hydrogen-bond donors (Lipinski definition) is 2. The normalized spacial score (nSPS) is 11.6. The molecule has 2 aromatic carbocycles. The minimum atomic E-state index is -3.65. The van der Waals surface area contributed by atoms with Crippen LogP contribution < -0.4 is 10.1 Å². The van der Waals surface area contributed by atoms with Crippen molar-refractivity contribution in [1.29, 1.82) is 0 Å². The summed E-state index contributed by atoms with van der Waals surface area (Å²) in [7, 11) is -3.65. The van der Waals surface area contributed by atoms with Gasteiger partial charge in [0.1, 0.15) is 6.33 Å². The van der Waals surface area contributed by atoms with Gasteiger partial charge in [-0.1, -0.05) is 34.1 Å². The van der Waals surface area contributed by atoms with E-state index >= 15 is 0 Å². The van der Waals surface area contributed by atoms with E-state index in [0.717, 1.165) is 11.0 Å². The van der Waals surface area contributed by atoms with E-state index in [-0.39, 0.29) is 23.8 Å². The van der Waals surface area contributed by atoms with E-state index in [4.69, 9.17) is 0 Å². The van der Waals surface area contributed by atoms with Crippen molar-refractivity contribution in [2.45, 2.75) is 11.3 Å². The van der Waals surface area contributed by atoms with Crippen molar-refractivity contribution in [3.05, 3.63) is 59.3 Å². The average molecular weight is 423 g/mol. The zero-order chi connectivity index (χ0) is 17.9. The van der Waals surface area contributed by atoms with Gasteiger partial charge in [0.25, 0.3) is 0 Å². The van der Waals surface area contributed by atoms with E-state index in [9.17, 15) is 13.2 Å². The molecule has 0 aliphatic heterocycles. The highest BCUT2D eigenvalue weighted by Gasteiger charge is 2.14. The first kappa shape index (κ1) is 17.6. The van der Waals surface area contributed by atoms with Crippen molar-refractivity contribution in [1.82, 2.24) is 14.4 Å². The molecule has 0 spiro atoms. The molecule has 3 aromatic rings. The Hall–Kier alpha value is -2.23. The number of amides is 1. The SMILES string of the molecule is O=C(CCNS(=O)(=O)c1cccc(Br)c1)Nn1cnc2ccccc21. The van der Waals surface area contributed by atoms with E-state index in [0.29, 0.717) is 4.47 Å². The average Bonchev–Trinajstić information content (AvgIpc) is 2.98. The van der Waals surface area contributed by atoms with Gasteiger partial charge < -0.3 is 0 Å². The van der Waals surface area contributed by atoms with E-state index in [1.165, 1.54) is 23.1 Å². The lowest BCUT2D eigenvalue weighted by molar-refractivity contribution is -0.116. The fourth-order valence-corrected chi connectivity index (χ4v) is 3.88. The number of imidazole rings is 1. The maximum Gasteiger partial charge on any atom is 0.240 e. The number of rotatable bonds is 6. The van der Waals surface area contributed by atoms with Crippen molar-refractivity contribution in [3.8, 4) is 0 Å². The predicted octanol–water partition coefficient (Wildman–Crippen LogP) is 2.24. The second-order valence-corrected chi connectivity index (χ2v) is 7.93. The highest BCUT2D eigenvalue weighted by Crippen LogP contribution is 2.15. The minimum Gasteiger partial charge on any atom is -0.273 e. The molecule has 0 radical (unpaired) electrons. The molecule has 0 saturated heterocycles. The summed E-state index contributed by atoms with van der Waals surface area (Å²) in [4.78, 5) is 16.3. The number of nitrogens with zero attached hydrogens (tertiary/aromatic N) is 2. The van der Waals surface area contributed by atoms with Crippen molar-refractivity contribution >= 4 is 42.9 Å². The third kappa shape index (κ3) is 4.25. The van der Waals surface area contributed by atoms with Gasteiger partial charge in [-0.05, 0) is 30.3 Å². The molecule has 3 rings (SSSR count). The Kier molecular flexibility index (Phi) is 5.16. The Bertz CT molecular complexity index is 1020. The van der Waals surface area contributed by atoms with Crippen LogP contribution in [0.5, 0.6) is 0 Å². The van der Waals surface area contributed by atoms with E-state index in [2.05, 4.69) is 31.1 Å². The minimum absolute atomic E-state index is 0.000258. The largest absolute Gasteiger partial charge is 0.273 e. The van der Waals surface area contributed by atoms with Gasteiger partial charge in [0.05, 0.1) is 15.9 Å². The van der Waals surface area contributed by atoms with Gasteiger partial charge in [-0.3, -0.25) is 10.2 Å². The van der Waals surface area contributed by atoms with E-state index in [1.54, 1.807) is 12.1 Å². The van der Waals surface area contributed by atoms with Gasteiger partial charge in [-0.15, -0.1) is 0 Å². The van der Waals surface area contributed by atoms with Crippen LogP contribution in [0.25, 0.3) is 11.0 Å². The number of fused-ring (bicyclic) bond motifs is 1. The smallest absolute Gasteiger partial charge is 0.240 e. The van der Waals surface area contributed by atoms with Gasteiger partial charge >= 0.3 is 0 Å². The number of sulfonamides is 1. The van der Waals surface area contributed by atoms with Crippen LogP contribution in [-0.2, 0) is 14.8 Å². The Morgan fingerprint density at radius 2 is 1.96 bits per heavy atom. The summed E-state index contributed by atoms with van der Waals surface area (Å²) in [5.41, 5.74) is 4.20. The summed E-state index contributed by atoms with van der Waals surface area (Å²) >= 11 is 3.23. The Labute approximate surface area is 153 Å². The maximum atomic E-state index is 12.2. The molecule has 0 atom stereocenters. The molecule has 7 nitrogen and oxygen atoms in total. The summed E-state index contributed by atoms with van der Waals surface area (Å²) < 4.78 is 29.0. The summed E-state index contributed by atoms with van der Waals surface area (Å²) in [6.07, 6.45) is 1.51. The quantitative estimate of drug-likeness (QED) is 0.636. The lowest BCUT2D eigenvalue weighted by Crippen LogP contribution is -2.30. The summed E-state index contributed by atoms with van der Waals surface area (Å²) in [5.74, 6) is -0.319.